The van der Waals surface area contributed by atoms with Crippen molar-refractivity contribution in [2.75, 3.05) is 24.1 Å². The fourth-order valence-corrected chi connectivity index (χ4v) is 3.14. The van der Waals surface area contributed by atoms with Crippen molar-refractivity contribution < 1.29 is 0 Å². The van der Waals surface area contributed by atoms with Crippen molar-refractivity contribution in [1.82, 2.24) is 20.3 Å². The van der Waals surface area contributed by atoms with Gasteiger partial charge < -0.3 is 21.4 Å². The Labute approximate surface area is 134 Å². The number of fused-ring (bicyclic) bond motifs is 1. The molecule has 0 atom stereocenters. The predicted octanol–water partition coefficient (Wildman–Crippen LogP) is 2.37. The van der Waals surface area contributed by atoms with E-state index in [0.717, 1.165) is 59.6 Å². The van der Waals surface area contributed by atoms with Gasteiger partial charge in [-0.2, -0.15) is 0 Å². The molecular formula is C17H20N6. The summed E-state index contributed by atoms with van der Waals surface area (Å²) in [4.78, 5) is 12.1. The molecule has 3 aromatic heterocycles. The summed E-state index contributed by atoms with van der Waals surface area (Å²) < 4.78 is 0. The standard InChI is InChI=1S/C17H20N6/c18-15-4-7-20-10-14(15)13-9-16(22-11-1-5-19-6-2-11)23-17-12(13)3-8-21-17/h3-4,7-11,19H,1-2,5-6H2,(H2,18,20)(H2,21,22,23). The average Bonchev–Trinajstić information content (AvgIpc) is 3.04. The molecule has 1 aliphatic heterocycles. The number of nitrogens with one attached hydrogen (secondary N) is 3. The summed E-state index contributed by atoms with van der Waals surface area (Å²) in [7, 11) is 0. The lowest BCUT2D eigenvalue weighted by Crippen LogP contribution is -2.35. The fraction of sp³-hybridized carbons (Fsp3) is 0.294. The van der Waals surface area contributed by atoms with Crippen molar-refractivity contribution in [3.63, 3.8) is 0 Å². The molecule has 1 aliphatic rings. The summed E-state index contributed by atoms with van der Waals surface area (Å²) in [6, 6.07) is 6.38. The van der Waals surface area contributed by atoms with Crippen molar-refractivity contribution in [3.05, 3.63) is 36.8 Å². The van der Waals surface area contributed by atoms with E-state index in [1.807, 2.05) is 24.5 Å². The van der Waals surface area contributed by atoms with Crippen LogP contribution in [0.15, 0.2) is 36.8 Å². The first-order valence-electron chi connectivity index (χ1n) is 7.96. The van der Waals surface area contributed by atoms with Gasteiger partial charge in [0.15, 0.2) is 0 Å². The first-order chi connectivity index (χ1) is 11.3. The molecule has 0 saturated carbocycles. The average molecular weight is 308 g/mol. The monoisotopic (exact) mass is 308 g/mol. The summed E-state index contributed by atoms with van der Waals surface area (Å²) >= 11 is 0. The van der Waals surface area contributed by atoms with E-state index in [0.29, 0.717) is 6.04 Å². The maximum absolute atomic E-state index is 6.15. The topological polar surface area (TPSA) is 91.7 Å². The zero-order valence-corrected chi connectivity index (χ0v) is 12.8. The number of nitrogens with two attached hydrogens (primary N) is 1. The number of rotatable bonds is 3. The van der Waals surface area contributed by atoms with Crippen LogP contribution in [0.1, 0.15) is 12.8 Å². The highest BCUT2D eigenvalue weighted by Crippen LogP contribution is 2.33. The highest BCUT2D eigenvalue weighted by molar-refractivity contribution is 5.97. The molecule has 0 amide bonds. The molecule has 118 valence electrons. The number of pyridine rings is 2. The van der Waals surface area contributed by atoms with Crippen LogP contribution in [-0.2, 0) is 0 Å². The van der Waals surface area contributed by atoms with Gasteiger partial charge in [0.2, 0.25) is 0 Å². The Kier molecular flexibility index (Phi) is 3.59. The Balaban J connectivity index is 1.77. The Morgan fingerprint density at radius 2 is 2.04 bits per heavy atom. The fourth-order valence-electron chi connectivity index (χ4n) is 3.14. The number of hydrogen-bond donors (Lipinski definition) is 4. The third-order valence-corrected chi connectivity index (χ3v) is 4.36. The molecule has 0 aromatic carbocycles. The molecule has 5 N–H and O–H groups in total. The van der Waals surface area contributed by atoms with Crippen molar-refractivity contribution in [1.29, 1.82) is 0 Å². The molecule has 0 spiro atoms. The van der Waals surface area contributed by atoms with Gasteiger partial charge in [-0.05, 0) is 49.7 Å². The number of anilines is 2. The van der Waals surface area contributed by atoms with Crippen LogP contribution < -0.4 is 16.4 Å². The maximum atomic E-state index is 6.15. The Bertz CT molecular complexity index is 819. The van der Waals surface area contributed by atoms with Crippen LogP contribution >= 0.6 is 0 Å². The van der Waals surface area contributed by atoms with Gasteiger partial charge in [0, 0.05) is 41.3 Å². The molecule has 4 rings (SSSR count). The third-order valence-electron chi connectivity index (χ3n) is 4.36. The van der Waals surface area contributed by atoms with Crippen LogP contribution in [0, 0.1) is 0 Å². The van der Waals surface area contributed by atoms with Gasteiger partial charge >= 0.3 is 0 Å². The molecule has 1 saturated heterocycles. The number of aromatic amines is 1. The Morgan fingerprint density at radius 3 is 2.87 bits per heavy atom. The van der Waals surface area contributed by atoms with Crippen LogP contribution in [0.5, 0.6) is 0 Å². The van der Waals surface area contributed by atoms with Crippen LogP contribution in [0.3, 0.4) is 0 Å². The van der Waals surface area contributed by atoms with Gasteiger partial charge in [0.1, 0.15) is 11.5 Å². The number of H-pyrrole nitrogens is 1. The van der Waals surface area contributed by atoms with E-state index < -0.39 is 0 Å². The molecule has 0 aliphatic carbocycles. The zero-order chi connectivity index (χ0) is 15.6. The molecule has 1 fully saturated rings. The lowest BCUT2D eigenvalue weighted by Gasteiger charge is -2.24. The van der Waals surface area contributed by atoms with Gasteiger partial charge in [-0.15, -0.1) is 0 Å². The Morgan fingerprint density at radius 1 is 1.17 bits per heavy atom. The number of aromatic nitrogens is 3. The smallest absolute Gasteiger partial charge is 0.140 e. The SMILES string of the molecule is Nc1ccncc1-c1cc(NC2CCNCC2)nc2[nH]ccc12. The lowest BCUT2D eigenvalue weighted by atomic mass is 10.0. The zero-order valence-electron chi connectivity index (χ0n) is 12.8. The number of piperidine rings is 1. The van der Waals surface area contributed by atoms with Gasteiger partial charge in [-0.1, -0.05) is 0 Å². The van der Waals surface area contributed by atoms with E-state index in [-0.39, 0.29) is 0 Å². The number of nitrogens with zero attached hydrogens (tertiary/aromatic N) is 2. The molecule has 6 nitrogen and oxygen atoms in total. The first kappa shape index (κ1) is 14.0. The normalized spacial score (nSPS) is 15.8. The second-order valence-electron chi connectivity index (χ2n) is 5.93. The van der Waals surface area contributed by atoms with Crippen molar-refractivity contribution in [2.45, 2.75) is 18.9 Å². The molecule has 6 heteroatoms. The van der Waals surface area contributed by atoms with Gasteiger partial charge in [-0.3, -0.25) is 4.98 Å². The van der Waals surface area contributed by atoms with Crippen molar-refractivity contribution in [3.8, 4) is 11.1 Å². The minimum absolute atomic E-state index is 0.454. The highest BCUT2D eigenvalue weighted by atomic mass is 15.1. The summed E-state index contributed by atoms with van der Waals surface area (Å²) in [5.41, 5.74) is 9.73. The van der Waals surface area contributed by atoms with Crippen LogP contribution in [0.25, 0.3) is 22.2 Å². The second-order valence-corrected chi connectivity index (χ2v) is 5.93. The summed E-state index contributed by atoms with van der Waals surface area (Å²) in [5.74, 6) is 0.880. The van der Waals surface area contributed by atoms with E-state index in [9.17, 15) is 0 Å². The van der Waals surface area contributed by atoms with E-state index in [2.05, 4.69) is 26.7 Å². The molecule has 0 unspecified atom stereocenters. The largest absolute Gasteiger partial charge is 0.398 e. The second kappa shape index (κ2) is 5.89. The van der Waals surface area contributed by atoms with E-state index in [4.69, 9.17) is 10.7 Å². The molecule has 0 radical (unpaired) electrons. The first-order valence-corrected chi connectivity index (χ1v) is 7.96. The van der Waals surface area contributed by atoms with Gasteiger partial charge in [-0.25, -0.2) is 4.98 Å². The third kappa shape index (κ3) is 2.73. The molecule has 4 heterocycles. The lowest BCUT2D eigenvalue weighted by molar-refractivity contribution is 0.478. The van der Waals surface area contributed by atoms with E-state index in [1.165, 1.54) is 0 Å². The highest BCUT2D eigenvalue weighted by Gasteiger charge is 2.16. The quantitative estimate of drug-likeness (QED) is 0.596. The van der Waals surface area contributed by atoms with E-state index >= 15 is 0 Å². The van der Waals surface area contributed by atoms with Gasteiger partial charge in [0.05, 0.1) is 0 Å². The van der Waals surface area contributed by atoms with E-state index in [1.54, 1.807) is 6.20 Å². The molecule has 3 aromatic rings. The van der Waals surface area contributed by atoms with Crippen LogP contribution in [0.4, 0.5) is 11.5 Å². The minimum Gasteiger partial charge on any atom is -0.398 e. The minimum atomic E-state index is 0.454. The van der Waals surface area contributed by atoms with Crippen molar-refractivity contribution >= 4 is 22.5 Å². The van der Waals surface area contributed by atoms with Crippen LogP contribution in [0.2, 0.25) is 0 Å². The molecular weight excluding hydrogens is 288 g/mol. The summed E-state index contributed by atoms with van der Waals surface area (Å²) in [6.45, 7) is 2.09. The van der Waals surface area contributed by atoms with Gasteiger partial charge in [0.25, 0.3) is 0 Å². The van der Waals surface area contributed by atoms with Crippen molar-refractivity contribution in [2.24, 2.45) is 0 Å². The molecule has 0 bridgehead atoms. The Hall–Kier alpha value is -2.60. The number of hydrogen-bond acceptors (Lipinski definition) is 5. The molecule has 23 heavy (non-hydrogen) atoms. The van der Waals surface area contributed by atoms with Crippen LogP contribution in [-0.4, -0.2) is 34.1 Å². The summed E-state index contributed by atoms with van der Waals surface area (Å²) in [6.07, 6.45) is 7.64. The maximum Gasteiger partial charge on any atom is 0.140 e. The summed E-state index contributed by atoms with van der Waals surface area (Å²) in [5, 5.41) is 8.00. The number of nitrogen functional groups attached to an aromatic ring is 1. The predicted molar refractivity (Wildman–Crippen MR) is 93.3 cm³/mol.